The fourth-order valence-electron chi connectivity index (χ4n) is 4.05. The van der Waals surface area contributed by atoms with Crippen molar-refractivity contribution in [2.24, 2.45) is 0 Å². The van der Waals surface area contributed by atoms with Crippen LogP contribution in [0.15, 0.2) is 48.5 Å². The zero-order valence-electron chi connectivity index (χ0n) is 14.5. The molecule has 4 nitrogen and oxygen atoms in total. The van der Waals surface area contributed by atoms with Crippen LogP contribution in [0.5, 0.6) is 5.75 Å². The predicted molar refractivity (Wildman–Crippen MR) is 108 cm³/mol. The Labute approximate surface area is 152 Å². The van der Waals surface area contributed by atoms with E-state index in [1.54, 1.807) is 7.11 Å². The minimum Gasteiger partial charge on any atom is -0.496 e. The van der Waals surface area contributed by atoms with Crippen LogP contribution in [0.4, 0.5) is 11.4 Å². The molecule has 0 amide bonds. The maximum Gasteiger partial charge on any atom is 0.200 e. The lowest BCUT2D eigenvalue weighted by atomic mass is 10.0. The number of methoxy groups -OCH3 is 1. The molecule has 3 aromatic rings. The number of benzene rings is 3. The summed E-state index contributed by atoms with van der Waals surface area (Å²) in [5.41, 5.74) is 5.67. The summed E-state index contributed by atoms with van der Waals surface area (Å²) in [5, 5.41) is 14.4. The monoisotopic (exact) mass is 341 g/mol. The summed E-state index contributed by atoms with van der Waals surface area (Å²) in [6.45, 7) is 0.782. The average molecular weight is 341 g/mol. The van der Waals surface area contributed by atoms with Gasteiger partial charge in [0.25, 0.3) is 0 Å². The highest BCUT2D eigenvalue weighted by Gasteiger charge is 2.25. The van der Waals surface area contributed by atoms with E-state index in [1.807, 2.05) is 17.0 Å². The molecular formula is C22H19N3O. The van der Waals surface area contributed by atoms with E-state index in [0.717, 1.165) is 35.5 Å². The summed E-state index contributed by atoms with van der Waals surface area (Å²) in [7, 11) is 1.70. The summed E-state index contributed by atoms with van der Waals surface area (Å²) >= 11 is 0. The molecule has 1 aliphatic heterocycles. The van der Waals surface area contributed by atoms with Crippen molar-refractivity contribution in [2.45, 2.75) is 6.42 Å². The predicted octanol–water partition coefficient (Wildman–Crippen LogP) is 4.74. The quantitative estimate of drug-likeness (QED) is 0.409. The van der Waals surface area contributed by atoms with E-state index >= 15 is 0 Å². The van der Waals surface area contributed by atoms with E-state index in [0.29, 0.717) is 5.96 Å². The van der Waals surface area contributed by atoms with Crippen molar-refractivity contribution < 1.29 is 4.74 Å². The van der Waals surface area contributed by atoms with E-state index < -0.39 is 0 Å². The largest absolute Gasteiger partial charge is 0.496 e. The fraction of sp³-hybridized carbons (Fsp3) is 0.136. The van der Waals surface area contributed by atoms with Crippen molar-refractivity contribution in [1.29, 1.82) is 5.41 Å². The molecule has 0 radical (unpaired) electrons. The third-order valence-corrected chi connectivity index (χ3v) is 5.27. The highest BCUT2D eigenvalue weighted by atomic mass is 16.5. The van der Waals surface area contributed by atoms with Gasteiger partial charge < -0.3 is 15.0 Å². The standard InChI is InChI=1S/C22H19N3O/c1-26-20-7-3-6-19-17(20)12-13-25(19)22(23)24-18-11-10-15-9-8-14-4-2-5-16(18)21(14)15/h2-11H,12-13H2,1H3,(H2,23,24). The van der Waals surface area contributed by atoms with Crippen LogP contribution in [0.3, 0.4) is 0 Å². The second kappa shape index (κ2) is 5.63. The minimum absolute atomic E-state index is 0.392. The first-order chi connectivity index (χ1) is 12.8. The van der Waals surface area contributed by atoms with Crippen LogP contribution in [-0.2, 0) is 6.42 Å². The van der Waals surface area contributed by atoms with Crippen LogP contribution in [0.2, 0.25) is 0 Å². The number of nitrogens with zero attached hydrogens (tertiary/aromatic N) is 1. The molecule has 0 aromatic heterocycles. The molecule has 0 atom stereocenters. The van der Waals surface area contributed by atoms with Crippen LogP contribution in [0, 0.1) is 5.41 Å². The lowest BCUT2D eigenvalue weighted by Crippen LogP contribution is -2.34. The molecule has 0 unspecified atom stereocenters. The summed E-state index contributed by atoms with van der Waals surface area (Å²) < 4.78 is 5.47. The Balaban J connectivity index is 1.50. The van der Waals surface area contributed by atoms with Crippen molar-refractivity contribution in [3.63, 3.8) is 0 Å². The molecular weight excluding hydrogens is 322 g/mol. The highest BCUT2D eigenvalue weighted by Crippen LogP contribution is 2.37. The lowest BCUT2D eigenvalue weighted by Gasteiger charge is -2.22. The van der Waals surface area contributed by atoms with Crippen molar-refractivity contribution in [1.82, 2.24) is 0 Å². The molecule has 1 heterocycles. The van der Waals surface area contributed by atoms with E-state index in [-0.39, 0.29) is 0 Å². The molecule has 0 saturated heterocycles. The number of rotatable bonds is 2. The van der Waals surface area contributed by atoms with Gasteiger partial charge in [0.1, 0.15) is 5.75 Å². The number of anilines is 2. The first kappa shape index (κ1) is 15.0. The molecule has 2 aliphatic rings. The molecule has 0 spiro atoms. The van der Waals surface area contributed by atoms with Gasteiger partial charge in [0.15, 0.2) is 5.96 Å². The van der Waals surface area contributed by atoms with Gasteiger partial charge in [-0.25, -0.2) is 0 Å². The van der Waals surface area contributed by atoms with Crippen molar-refractivity contribution >= 4 is 40.3 Å². The van der Waals surface area contributed by atoms with Crippen LogP contribution < -0.4 is 15.0 Å². The van der Waals surface area contributed by atoms with Crippen LogP contribution in [-0.4, -0.2) is 19.6 Å². The second-order valence-electron chi connectivity index (χ2n) is 6.64. The first-order valence-corrected chi connectivity index (χ1v) is 8.79. The summed E-state index contributed by atoms with van der Waals surface area (Å²) in [6.07, 6.45) is 5.18. The molecule has 5 rings (SSSR count). The first-order valence-electron chi connectivity index (χ1n) is 8.79. The highest BCUT2D eigenvalue weighted by molar-refractivity contribution is 6.14. The lowest BCUT2D eigenvalue weighted by molar-refractivity contribution is 0.411. The Hall–Kier alpha value is -3.27. The molecule has 0 bridgehead atoms. The molecule has 4 heteroatoms. The number of guanidine groups is 1. The Morgan fingerprint density at radius 1 is 1.04 bits per heavy atom. The molecule has 0 saturated carbocycles. The maximum absolute atomic E-state index is 8.64. The molecule has 128 valence electrons. The Morgan fingerprint density at radius 2 is 1.85 bits per heavy atom. The van der Waals surface area contributed by atoms with E-state index in [9.17, 15) is 0 Å². The van der Waals surface area contributed by atoms with Crippen molar-refractivity contribution in [2.75, 3.05) is 23.9 Å². The Kier molecular flexibility index (Phi) is 3.25. The zero-order chi connectivity index (χ0) is 17.7. The Morgan fingerprint density at radius 3 is 2.69 bits per heavy atom. The van der Waals surface area contributed by atoms with Crippen molar-refractivity contribution in [3.8, 4) is 5.75 Å². The van der Waals surface area contributed by atoms with Gasteiger partial charge in [-0.3, -0.25) is 5.41 Å². The molecule has 3 aromatic carbocycles. The van der Waals surface area contributed by atoms with E-state index in [2.05, 4.69) is 53.9 Å². The van der Waals surface area contributed by atoms with Gasteiger partial charge in [-0.2, -0.15) is 0 Å². The van der Waals surface area contributed by atoms with Crippen molar-refractivity contribution in [3.05, 3.63) is 65.2 Å². The normalized spacial score (nSPS) is 14.0. The minimum atomic E-state index is 0.392. The zero-order valence-corrected chi connectivity index (χ0v) is 14.5. The topological polar surface area (TPSA) is 48.4 Å². The second-order valence-corrected chi connectivity index (χ2v) is 6.64. The summed E-state index contributed by atoms with van der Waals surface area (Å²) in [5.74, 6) is 1.29. The van der Waals surface area contributed by atoms with Gasteiger partial charge in [0.05, 0.1) is 12.8 Å². The number of hydrogen-bond donors (Lipinski definition) is 2. The molecule has 1 aliphatic carbocycles. The van der Waals surface area contributed by atoms with Gasteiger partial charge >= 0.3 is 0 Å². The van der Waals surface area contributed by atoms with Crippen LogP contribution >= 0.6 is 0 Å². The van der Waals surface area contributed by atoms with Gasteiger partial charge in [0.2, 0.25) is 0 Å². The van der Waals surface area contributed by atoms with Crippen LogP contribution in [0.25, 0.3) is 22.9 Å². The van der Waals surface area contributed by atoms with Gasteiger partial charge in [0, 0.05) is 23.2 Å². The van der Waals surface area contributed by atoms with Gasteiger partial charge in [-0.05, 0) is 41.1 Å². The number of ether oxygens (including phenoxy) is 1. The summed E-state index contributed by atoms with van der Waals surface area (Å²) in [4.78, 5) is 2.01. The van der Waals surface area contributed by atoms with Crippen LogP contribution in [0.1, 0.15) is 16.7 Å². The van der Waals surface area contributed by atoms with Gasteiger partial charge in [-0.1, -0.05) is 42.5 Å². The molecule has 2 N–H and O–H groups in total. The number of fused-ring (bicyclic) bond motifs is 1. The smallest absolute Gasteiger partial charge is 0.200 e. The van der Waals surface area contributed by atoms with E-state index in [1.165, 1.54) is 22.1 Å². The summed E-state index contributed by atoms with van der Waals surface area (Å²) in [6, 6.07) is 16.5. The molecule has 26 heavy (non-hydrogen) atoms. The van der Waals surface area contributed by atoms with Gasteiger partial charge in [-0.15, -0.1) is 0 Å². The average Bonchev–Trinajstić information content (AvgIpc) is 3.29. The fourth-order valence-corrected chi connectivity index (χ4v) is 4.05. The number of nitrogens with one attached hydrogen (secondary N) is 2. The maximum atomic E-state index is 8.64. The third-order valence-electron chi connectivity index (χ3n) is 5.27. The molecule has 0 fully saturated rings. The SMILES string of the molecule is COc1cccc2c1CCN2C(=N)Nc1ccc2c3c(cccc13)C=C2. The van der Waals surface area contributed by atoms with E-state index in [4.69, 9.17) is 10.1 Å². The number of hydrogen-bond acceptors (Lipinski definition) is 2. The Bertz CT molecular complexity index is 1070. The third kappa shape index (κ3) is 2.12.